The number of nitrogens with two attached hydrogens (primary N) is 1. The third kappa shape index (κ3) is 20.0. The number of rotatable bonds is 12. The minimum atomic E-state index is -0.394. The third-order valence-electron chi connectivity index (χ3n) is 3.91. The smallest absolute Gasteiger partial charge is 0.128 e. The van der Waals surface area contributed by atoms with Crippen molar-refractivity contribution in [2.24, 2.45) is 5.73 Å². The first kappa shape index (κ1) is 23.1. The molecule has 0 saturated carbocycles. The Balaban J connectivity index is 0.00000108. The molecule has 0 fully saturated rings. The molecule has 0 aliphatic rings. The van der Waals surface area contributed by atoms with Gasteiger partial charge >= 0.3 is 128 Å². The first-order valence-corrected chi connectivity index (χ1v) is 13.6. The molecular weight excluding hydrogens is 372 g/mol. The fraction of sp³-hybridized carbons (Fsp3) is 0.632. The molecule has 0 heterocycles. The summed E-state index contributed by atoms with van der Waals surface area (Å²) in [6, 6.07) is 11.2. The zero-order chi connectivity index (χ0) is 17.2. The minimum absolute atomic E-state index is 0.194. The van der Waals surface area contributed by atoms with Crippen molar-refractivity contribution in [3.8, 4) is 0 Å². The van der Waals surface area contributed by atoms with E-state index in [-0.39, 0.29) is 4.32 Å². The summed E-state index contributed by atoms with van der Waals surface area (Å²) in [7, 11) is 0. The predicted molar refractivity (Wildman–Crippen MR) is 108 cm³/mol. The van der Waals surface area contributed by atoms with Gasteiger partial charge in [-0.3, -0.25) is 0 Å². The van der Waals surface area contributed by atoms with Crippen molar-refractivity contribution >= 4 is 33.3 Å². The van der Waals surface area contributed by atoms with E-state index in [1.807, 2.05) is 0 Å². The Morgan fingerprint density at radius 3 is 1.83 bits per heavy atom. The van der Waals surface area contributed by atoms with Crippen LogP contribution in [0.5, 0.6) is 0 Å². The Bertz CT molecular complexity index is 367. The summed E-state index contributed by atoms with van der Waals surface area (Å²) in [5, 5.41) is 1.55. The maximum Gasteiger partial charge on any atom is 0.128 e. The Morgan fingerprint density at radius 2 is 1.35 bits per heavy atom. The van der Waals surface area contributed by atoms with Gasteiger partial charge in [0.15, 0.2) is 0 Å². The molecule has 128 valence electrons. The second-order valence-electron chi connectivity index (χ2n) is 6.11. The predicted octanol–water partition coefficient (Wildman–Crippen LogP) is 5.89. The standard InChI is InChI=1S/C12H25.C6H5.CH3NS2.Zn/c1-3-5-7-9-11-12-10-8-6-4-2;1-2-4-6-5-3-1;2-1(3)4;/h1,3-12H2,2H3;1-5H;(H3,2,3,4);. The summed E-state index contributed by atoms with van der Waals surface area (Å²) in [5.41, 5.74) is 4.71. The fourth-order valence-corrected chi connectivity index (χ4v) is 6.03. The van der Waals surface area contributed by atoms with Crippen molar-refractivity contribution in [3.05, 3.63) is 30.3 Å². The van der Waals surface area contributed by atoms with Crippen molar-refractivity contribution in [2.45, 2.75) is 76.1 Å². The summed E-state index contributed by atoms with van der Waals surface area (Å²) < 4.78 is 1.88. The van der Waals surface area contributed by atoms with E-state index in [0.29, 0.717) is 0 Å². The Hall–Kier alpha value is 0.0834. The van der Waals surface area contributed by atoms with E-state index < -0.39 is 17.1 Å². The summed E-state index contributed by atoms with van der Waals surface area (Å²) >= 11 is 7.26. The van der Waals surface area contributed by atoms with Crippen LogP contribution in [-0.4, -0.2) is 4.32 Å². The van der Waals surface area contributed by atoms with Gasteiger partial charge in [0.2, 0.25) is 0 Å². The Kier molecular flexibility index (Phi) is 18.5. The van der Waals surface area contributed by atoms with E-state index in [1.54, 1.807) is 9.17 Å². The summed E-state index contributed by atoms with van der Waals surface area (Å²) in [6.45, 7) is 2.29. The molecule has 0 saturated heterocycles. The molecule has 1 aromatic carbocycles. The second kappa shape index (κ2) is 18.4. The van der Waals surface area contributed by atoms with Gasteiger partial charge in [-0.15, -0.1) is 12.6 Å². The SMILES string of the molecule is CCCCCCCCCCC[CH2][Zn][c]1ccccc1.NC(=S)S. The van der Waals surface area contributed by atoms with Gasteiger partial charge in [-0.25, -0.2) is 0 Å². The van der Waals surface area contributed by atoms with Crippen LogP contribution >= 0.6 is 24.8 Å². The van der Waals surface area contributed by atoms with Crippen LogP contribution in [0.3, 0.4) is 0 Å². The van der Waals surface area contributed by atoms with Crippen LogP contribution in [0.2, 0.25) is 5.02 Å². The fourth-order valence-electron chi connectivity index (χ4n) is 2.64. The van der Waals surface area contributed by atoms with E-state index in [2.05, 4.69) is 62.1 Å². The van der Waals surface area contributed by atoms with Gasteiger partial charge in [0, 0.05) is 0 Å². The molecule has 0 unspecified atom stereocenters. The minimum Gasteiger partial charge on any atom is -0.385 e. The summed E-state index contributed by atoms with van der Waals surface area (Å²) in [6.07, 6.45) is 14.6. The number of unbranched alkanes of at least 4 members (excludes halogenated alkanes) is 9. The molecule has 4 heteroatoms. The van der Waals surface area contributed by atoms with Crippen LogP contribution in [0.1, 0.15) is 71.1 Å². The molecule has 0 atom stereocenters. The molecule has 0 radical (unpaired) electrons. The third-order valence-corrected chi connectivity index (χ3v) is 7.90. The van der Waals surface area contributed by atoms with Gasteiger partial charge in [0.25, 0.3) is 0 Å². The van der Waals surface area contributed by atoms with Crippen molar-refractivity contribution in [3.63, 3.8) is 0 Å². The van der Waals surface area contributed by atoms with E-state index in [1.165, 1.54) is 64.2 Å². The van der Waals surface area contributed by atoms with E-state index >= 15 is 0 Å². The van der Waals surface area contributed by atoms with Crippen LogP contribution in [0.4, 0.5) is 0 Å². The number of thiol groups is 1. The van der Waals surface area contributed by atoms with Gasteiger partial charge in [0.1, 0.15) is 4.32 Å². The van der Waals surface area contributed by atoms with Crippen molar-refractivity contribution in [1.82, 2.24) is 0 Å². The van der Waals surface area contributed by atoms with Gasteiger partial charge in [0.05, 0.1) is 0 Å². The maximum atomic E-state index is 4.71. The topological polar surface area (TPSA) is 26.0 Å². The van der Waals surface area contributed by atoms with Gasteiger partial charge in [-0.2, -0.15) is 0 Å². The number of benzene rings is 1. The van der Waals surface area contributed by atoms with Crippen LogP contribution in [0.15, 0.2) is 30.3 Å². The van der Waals surface area contributed by atoms with Crippen molar-refractivity contribution < 1.29 is 17.1 Å². The molecule has 0 bridgehead atoms. The van der Waals surface area contributed by atoms with E-state index in [9.17, 15) is 0 Å². The Labute approximate surface area is 162 Å². The van der Waals surface area contributed by atoms with Crippen molar-refractivity contribution in [2.75, 3.05) is 0 Å². The molecule has 1 rings (SSSR count). The first-order chi connectivity index (χ1) is 11.2. The Morgan fingerprint density at radius 1 is 0.913 bits per heavy atom. The van der Waals surface area contributed by atoms with Gasteiger partial charge in [-0.1, -0.05) is 12.2 Å². The van der Waals surface area contributed by atoms with Crippen LogP contribution in [-0.2, 0) is 17.1 Å². The molecule has 0 amide bonds. The molecule has 23 heavy (non-hydrogen) atoms. The van der Waals surface area contributed by atoms with Crippen molar-refractivity contribution in [1.29, 1.82) is 0 Å². The molecule has 1 aromatic rings. The molecular formula is C19H33NS2Zn. The molecule has 1 nitrogen and oxygen atoms in total. The molecule has 0 aliphatic heterocycles. The quantitative estimate of drug-likeness (QED) is 0.196. The zero-order valence-corrected chi connectivity index (χ0v) is 19.5. The molecule has 0 aromatic heterocycles. The normalized spacial score (nSPS) is 9.65. The van der Waals surface area contributed by atoms with E-state index in [4.69, 9.17) is 5.73 Å². The van der Waals surface area contributed by atoms with E-state index in [0.717, 1.165) is 0 Å². The van der Waals surface area contributed by atoms with Gasteiger partial charge in [-0.05, 0) is 0 Å². The average molecular weight is 405 g/mol. The van der Waals surface area contributed by atoms with Gasteiger partial charge < -0.3 is 5.73 Å². The van der Waals surface area contributed by atoms with Crippen LogP contribution in [0.25, 0.3) is 0 Å². The molecule has 0 aliphatic carbocycles. The first-order valence-electron chi connectivity index (χ1n) is 9.19. The van der Waals surface area contributed by atoms with Crippen LogP contribution in [0, 0.1) is 0 Å². The number of hydrogen-bond acceptors (Lipinski definition) is 1. The molecule has 2 N–H and O–H groups in total. The summed E-state index contributed by atoms with van der Waals surface area (Å²) in [5.74, 6) is 0. The largest absolute Gasteiger partial charge is 0.385 e. The number of hydrogen-bond donors (Lipinski definition) is 2. The van der Waals surface area contributed by atoms with Crippen LogP contribution < -0.4 is 9.89 Å². The maximum absolute atomic E-state index is 4.71. The average Bonchev–Trinajstić information content (AvgIpc) is 2.53. The second-order valence-corrected chi connectivity index (χ2v) is 11.6. The zero-order valence-electron chi connectivity index (χ0n) is 14.8. The number of thiocarbonyl (C=S) groups is 1. The molecule has 0 spiro atoms. The summed E-state index contributed by atoms with van der Waals surface area (Å²) in [4.78, 5) is 0. The monoisotopic (exact) mass is 403 g/mol.